The van der Waals surface area contributed by atoms with Crippen LogP contribution in [-0.4, -0.2) is 95.9 Å². The molecule has 57 heavy (non-hydrogen) atoms. The molecule has 1 amide bonds. The Kier molecular flexibility index (Phi) is 10.4. The normalized spacial score (nSPS) is 22.3. The van der Waals surface area contributed by atoms with Gasteiger partial charge in [-0.05, 0) is 111 Å². The van der Waals surface area contributed by atoms with E-state index in [0.717, 1.165) is 114 Å². The molecular formula is C45H53N7O5. The lowest BCUT2D eigenvalue weighted by molar-refractivity contribution is -0.132. The lowest BCUT2D eigenvalue weighted by Crippen LogP contribution is -2.54. The Bertz CT molecular complexity index is 2220. The molecule has 0 radical (unpaired) electrons. The minimum atomic E-state index is -0.548. The molecule has 4 aliphatic heterocycles. The smallest absolute Gasteiger partial charge is 0.269 e. The van der Waals surface area contributed by atoms with Gasteiger partial charge in [0.25, 0.3) is 11.5 Å². The number of benzene rings is 2. The van der Waals surface area contributed by atoms with Crippen LogP contribution in [0, 0.1) is 11.3 Å². The Morgan fingerprint density at radius 1 is 0.895 bits per heavy atom. The van der Waals surface area contributed by atoms with E-state index in [0.29, 0.717) is 42.2 Å². The van der Waals surface area contributed by atoms with E-state index in [2.05, 4.69) is 50.0 Å². The number of piperidine rings is 3. The molecule has 1 atom stereocenters. The number of aromatic nitrogens is 3. The second kappa shape index (κ2) is 15.8. The first-order chi connectivity index (χ1) is 27.7. The maximum atomic E-state index is 13.3. The van der Waals surface area contributed by atoms with E-state index in [1.54, 1.807) is 12.4 Å². The van der Waals surface area contributed by atoms with E-state index in [-0.39, 0.29) is 34.7 Å². The second-order valence-corrected chi connectivity index (χ2v) is 17.4. The first-order valence-corrected chi connectivity index (χ1v) is 20.9. The van der Waals surface area contributed by atoms with E-state index in [1.165, 1.54) is 16.6 Å². The van der Waals surface area contributed by atoms with Crippen molar-refractivity contribution >= 4 is 39.8 Å². The van der Waals surface area contributed by atoms with E-state index in [4.69, 9.17) is 15.5 Å². The van der Waals surface area contributed by atoms with Gasteiger partial charge in [-0.2, -0.15) is 0 Å². The Morgan fingerprint density at radius 2 is 1.68 bits per heavy atom. The summed E-state index contributed by atoms with van der Waals surface area (Å²) in [7, 11) is 0. The number of Topliss-reactive ketones (excluding diaryl/α,β-unsaturated/α-hetero) is 2. The molecule has 4 saturated heterocycles. The quantitative estimate of drug-likeness (QED) is 0.230. The van der Waals surface area contributed by atoms with Crippen LogP contribution in [0.5, 0.6) is 0 Å². The Labute approximate surface area is 333 Å². The van der Waals surface area contributed by atoms with Crippen LogP contribution in [0.2, 0.25) is 0 Å². The fraction of sp³-hybridized carbons (Fsp3) is 0.511. The third-order valence-corrected chi connectivity index (χ3v) is 13.5. The first kappa shape index (κ1) is 37.6. The van der Waals surface area contributed by atoms with Crippen LogP contribution < -0.4 is 21.1 Å². The van der Waals surface area contributed by atoms with E-state index in [9.17, 15) is 19.2 Å². The van der Waals surface area contributed by atoms with Crippen LogP contribution in [0.3, 0.4) is 0 Å². The number of amides is 1. The summed E-state index contributed by atoms with van der Waals surface area (Å²) in [6.45, 7) is 8.76. The highest BCUT2D eigenvalue weighted by molar-refractivity contribution is 6.03. The molecule has 4 aromatic rings. The highest BCUT2D eigenvalue weighted by Crippen LogP contribution is 2.38. The van der Waals surface area contributed by atoms with Gasteiger partial charge in [0, 0.05) is 68.3 Å². The molecule has 1 spiro atoms. The van der Waals surface area contributed by atoms with Gasteiger partial charge in [0.1, 0.15) is 17.3 Å². The molecule has 12 heteroatoms. The number of nitrogens with zero attached hydrogens (tertiary/aromatic N) is 6. The molecule has 298 valence electrons. The minimum absolute atomic E-state index is 0.0405. The molecule has 2 aromatic heterocycles. The average Bonchev–Trinajstić information content (AvgIpc) is 3.21. The number of carbonyl (C=O) groups is 3. The number of anilines is 2. The van der Waals surface area contributed by atoms with Crippen molar-refractivity contribution in [2.75, 3.05) is 68.8 Å². The Morgan fingerprint density at radius 3 is 2.40 bits per heavy atom. The van der Waals surface area contributed by atoms with Gasteiger partial charge in [-0.1, -0.05) is 24.3 Å². The predicted octanol–water partition coefficient (Wildman–Crippen LogP) is 5.06. The number of rotatable bonds is 9. The van der Waals surface area contributed by atoms with Gasteiger partial charge in [0.2, 0.25) is 0 Å². The molecular weight excluding hydrogens is 719 g/mol. The average molecular weight is 772 g/mol. The minimum Gasteiger partial charge on any atom is -0.380 e. The maximum Gasteiger partial charge on any atom is 0.269 e. The van der Waals surface area contributed by atoms with Crippen LogP contribution in [0.1, 0.15) is 97.1 Å². The van der Waals surface area contributed by atoms with Gasteiger partial charge in [0.05, 0.1) is 37.6 Å². The van der Waals surface area contributed by atoms with Crippen LogP contribution in [0.4, 0.5) is 11.5 Å². The number of ether oxygens (including phenoxy) is 1. The number of primary amides is 1. The van der Waals surface area contributed by atoms with Crippen molar-refractivity contribution in [3.63, 3.8) is 0 Å². The predicted molar refractivity (Wildman–Crippen MR) is 219 cm³/mol. The van der Waals surface area contributed by atoms with Crippen LogP contribution >= 0.6 is 0 Å². The van der Waals surface area contributed by atoms with Gasteiger partial charge in [0.15, 0.2) is 5.78 Å². The van der Waals surface area contributed by atoms with Gasteiger partial charge in [-0.3, -0.25) is 19.2 Å². The summed E-state index contributed by atoms with van der Waals surface area (Å²) < 4.78 is 7.07. The number of hydrogen-bond acceptors (Lipinski definition) is 10. The number of hydrogen-bond donors (Lipinski definition) is 1. The summed E-state index contributed by atoms with van der Waals surface area (Å²) in [6, 6.07) is 16.3. The number of nitrogens with two attached hydrogens (primary N) is 1. The third kappa shape index (κ3) is 7.86. The van der Waals surface area contributed by atoms with Gasteiger partial charge in [-0.15, -0.1) is 0 Å². The van der Waals surface area contributed by atoms with E-state index >= 15 is 0 Å². The zero-order valence-corrected chi connectivity index (χ0v) is 32.7. The summed E-state index contributed by atoms with van der Waals surface area (Å²) in [6.07, 6.45) is 11.4. The standard InChI is InChI=1S/C45H53N7O5/c46-43(55)42-38(48-41(25-47-42)51-16-1-15-45(27-51)28-57-29-45)22-30-2-4-32(5-3-30)33-12-17-49(18-13-33)26-31-10-19-50(20-11-31)35-6-8-37-34(23-35)14-21-52(44(37)56)39-9-7-36(53)24-40(39)54/h2-6,8,14,21,23,25,31,33,39H,1,7,9-13,15-20,22,24,26-29H2,(H2,46,55). The Hall–Kier alpha value is -4.94. The molecule has 1 aliphatic carbocycles. The molecule has 1 unspecified atom stereocenters. The highest BCUT2D eigenvalue weighted by Gasteiger charge is 2.42. The molecule has 0 bridgehead atoms. The molecule has 9 rings (SSSR count). The van der Waals surface area contributed by atoms with Crippen molar-refractivity contribution in [3.05, 3.63) is 93.8 Å². The van der Waals surface area contributed by atoms with Crippen LogP contribution in [0.15, 0.2) is 65.7 Å². The molecule has 5 fully saturated rings. The summed E-state index contributed by atoms with van der Waals surface area (Å²) in [5, 5.41) is 1.50. The molecule has 1 saturated carbocycles. The highest BCUT2D eigenvalue weighted by atomic mass is 16.5. The number of carbonyl (C=O) groups excluding carboxylic acids is 3. The Balaban J connectivity index is 0.758. The fourth-order valence-corrected chi connectivity index (χ4v) is 10.1. The fourth-order valence-electron chi connectivity index (χ4n) is 10.1. The zero-order chi connectivity index (χ0) is 39.1. The van der Waals surface area contributed by atoms with Crippen molar-refractivity contribution < 1.29 is 19.1 Å². The monoisotopic (exact) mass is 771 g/mol. The topological polar surface area (TPSA) is 144 Å². The van der Waals surface area contributed by atoms with E-state index in [1.807, 2.05) is 18.2 Å². The largest absolute Gasteiger partial charge is 0.380 e. The molecule has 6 heterocycles. The molecule has 2 aromatic carbocycles. The van der Waals surface area contributed by atoms with Gasteiger partial charge in [-0.25, -0.2) is 9.97 Å². The number of fused-ring (bicyclic) bond motifs is 1. The number of pyridine rings is 1. The van der Waals surface area contributed by atoms with Gasteiger partial charge < -0.3 is 29.7 Å². The van der Waals surface area contributed by atoms with Crippen LogP contribution in [0.25, 0.3) is 10.8 Å². The van der Waals surface area contributed by atoms with Crippen molar-refractivity contribution in [1.82, 2.24) is 19.4 Å². The zero-order valence-electron chi connectivity index (χ0n) is 32.7. The van der Waals surface area contributed by atoms with Crippen molar-refractivity contribution in [1.29, 1.82) is 0 Å². The lowest BCUT2D eigenvalue weighted by Gasteiger charge is -2.48. The first-order valence-electron chi connectivity index (χ1n) is 20.9. The SMILES string of the molecule is NC(=O)c1ncc(N2CCCC3(COC3)C2)nc1Cc1ccc(C2CCN(CC3CCN(c4ccc5c(=O)n(C6CCC(=O)CC6=O)ccc5c4)CC3)CC2)cc1. The van der Waals surface area contributed by atoms with E-state index < -0.39 is 11.9 Å². The molecule has 5 aliphatic rings. The third-order valence-electron chi connectivity index (χ3n) is 13.5. The number of likely N-dealkylation sites (tertiary alicyclic amines) is 1. The molecule has 12 nitrogen and oxygen atoms in total. The summed E-state index contributed by atoms with van der Waals surface area (Å²) in [5.41, 5.74) is 10.3. The van der Waals surface area contributed by atoms with Crippen LogP contribution in [-0.2, 0) is 20.7 Å². The second-order valence-electron chi connectivity index (χ2n) is 17.4. The summed E-state index contributed by atoms with van der Waals surface area (Å²) in [4.78, 5) is 66.7. The van der Waals surface area contributed by atoms with Crippen molar-refractivity contribution in [3.8, 4) is 0 Å². The van der Waals surface area contributed by atoms with Crippen molar-refractivity contribution in [2.45, 2.75) is 76.2 Å². The van der Waals surface area contributed by atoms with Gasteiger partial charge >= 0.3 is 0 Å². The lowest BCUT2D eigenvalue weighted by atomic mass is 9.78. The maximum absolute atomic E-state index is 13.3. The van der Waals surface area contributed by atoms with Crippen molar-refractivity contribution in [2.24, 2.45) is 17.1 Å². The number of ketones is 2. The summed E-state index contributed by atoms with van der Waals surface area (Å²) in [5.74, 6) is 1.26. The molecule has 2 N–H and O–H groups in total. The summed E-state index contributed by atoms with van der Waals surface area (Å²) >= 11 is 0.